The Morgan fingerprint density at radius 1 is 0.500 bits per heavy atom. The molecular weight excluding hydrogens is 864 g/mol. The number of likely N-dealkylation sites (N-methyl/N-ethyl adjacent to an activating group) is 1. The highest BCUT2D eigenvalue weighted by molar-refractivity contribution is 7.45. The summed E-state index contributed by atoms with van der Waals surface area (Å²) in [5.41, 5.74) is 0. The molecular formula is C59H117N2O6P. The predicted molar refractivity (Wildman–Crippen MR) is 293 cm³/mol. The van der Waals surface area contributed by atoms with E-state index in [9.17, 15) is 19.4 Å². The van der Waals surface area contributed by atoms with Crippen LogP contribution in [0.5, 0.6) is 0 Å². The van der Waals surface area contributed by atoms with Gasteiger partial charge < -0.3 is 28.8 Å². The molecule has 0 aromatic heterocycles. The summed E-state index contributed by atoms with van der Waals surface area (Å²) in [6.07, 6.45) is 64.3. The fraction of sp³-hybridized carbons (Fsp3) is 0.915. The zero-order valence-electron chi connectivity index (χ0n) is 46.1. The number of quaternary nitrogens is 1. The van der Waals surface area contributed by atoms with Crippen molar-refractivity contribution in [3.05, 3.63) is 24.3 Å². The van der Waals surface area contributed by atoms with Crippen LogP contribution in [-0.2, 0) is 18.4 Å². The van der Waals surface area contributed by atoms with E-state index in [0.29, 0.717) is 17.4 Å². The summed E-state index contributed by atoms with van der Waals surface area (Å²) in [6, 6.07) is -0.899. The van der Waals surface area contributed by atoms with Crippen molar-refractivity contribution >= 4 is 13.7 Å². The largest absolute Gasteiger partial charge is 0.756 e. The second kappa shape index (κ2) is 50.9. The number of allylic oxidation sites excluding steroid dienone is 3. The summed E-state index contributed by atoms with van der Waals surface area (Å²) in [5, 5.41) is 13.8. The molecule has 0 rings (SSSR count). The molecule has 9 heteroatoms. The van der Waals surface area contributed by atoms with Gasteiger partial charge in [-0.15, -0.1) is 0 Å². The second-order valence-electron chi connectivity index (χ2n) is 21.7. The first-order valence-electron chi connectivity index (χ1n) is 29.7. The van der Waals surface area contributed by atoms with Crippen LogP contribution in [0.1, 0.15) is 296 Å². The monoisotopic (exact) mass is 981 g/mol. The molecule has 3 unspecified atom stereocenters. The highest BCUT2D eigenvalue weighted by Crippen LogP contribution is 2.38. The van der Waals surface area contributed by atoms with Gasteiger partial charge in [-0.1, -0.05) is 282 Å². The van der Waals surface area contributed by atoms with Crippen LogP contribution in [0.25, 0.3) is 0 Å². The molecule has 8 nitrogen and oxygen atoms in total. The molecule has 0 saturated heterocycles. The van der Waals surface area contributed by atoms with E-state index in [1.165, 1.54) is 238 Å². The van der Waals surface area contributed by atoms with Crippen LogP contribution < -0.4 is 10.2 Å². The zero-order chi connectivity index (χ0) is 49.9. The first-order chi connectivity index (χ1) is 33.0. The molecule has 2 N–H and O–H groups in total. The number of hydrogen-bond acceptors (Lipinski definition) is 6. The second-order valence-corrected chi connectivity index (χ2v) is 23.1. The van der Waals surface area contributed by atoms with Crippen molar-refractivity contribution in [3.63, 3.8) is 0 Å². The first kappa shape index (κ1) is 67.0. The highest BCUT2D eigenvalue weighted by atomic mass is 31.2. The molecule has 0 spiro atoms. The van der Waals surface area contributed by atoms with E-state index in [-0.39, 0.29) is 19.1 Å². The maximum Gasteiger partial charge on any atom is 0.268 e. The summed E-state index contributed by atoms with van der Waals surface area (Å²) >= 11 is 0. The van der Waals surface area contributed by atoms with Crippen LogP contribution in [0.4, 0.5) is 0 Å². The minimum Gasteiger partial charge on any atom is -0.756 e. The van der Waals surface area contributed by atoms with Crippen LogP contribution in [0.15, 0.2) is 24.3 Å². The number of nitrogens with zero attached hydrogens (tertiary/aromatic N) is 1. The molecule has 0 aromatic carbocycles. The van der Waals surface area contributed by atoms with Crippen LogP contribution in [-0.4, -0.2) is 68.5 Å². The summed E-state index contributed by atoms with van der Waals surface area (Å²) in [6.45, 7) is 4.66. The molecule has 404 valence electrons. The maximum atomic E-state index is 12.9. The van der Waals surface area contributed by atoms with Gasteiger partial charge in [0.25, 0.3) is 7.82 Å². The Kier molecular flexibility index (Phi) is 50.1. The normalized spacial score (nSPS) is 14.0. The quantitative estimate of drug-likeness (QED) is 0.0272. The molecule has 0 saturated carbocycles. The molecule has 0 aliphatic carbocycles. The molecule has 0 fully saturated rings. The van der Waals surface area contributed by atoms with Crippen molar-refractivity contribution in [1.82, 2.24) is 5.32 Å². The van der Waals surface area contributed by atoms with Gasteiger partial charge in [-0.05, 0) is 32.1 Å². The molecule has 0 aliphatic heterocycles. The fourth-order valence-corrected chi connectivity index (χ4v) is 9.72. The molecule has 0 bridgehead atoms. The Hall–Kier alpha value is -1.02. The number of phosphoric acid groups is 1. The third-order valence-electron chi connectivity index (χ3n) is 13.7. The van der Waals surface area contributed by atoms with Crippen molar-refractivity contribution in [2.75, 3.05) is 40.9 Å². The Morgan fingerprint density at radius 2 is 0.824 bits per heavy atom. The summed E-state index contributed by atoms with van der Waals surface area (Å²) in [7, 11) is 1.26. The minimum absolute atomic E-state index is 0.00393. The number of aliphatic hydroxyl groups is 1. The lowest BCUT2D eigenvalue weighted by Crippen LogP contribution is -2.45. The number of hydrogen-bond donors (Lipinski definition) is 2. The van der Waals surface area contributed by atoms with Gasteiger partial charge >= 0.3 is 0 Å². The Balaban J connectivity index is 4.00. The SMILES string of the molecule is CCCCCCCCCC/C=C/CC/C=C/C(O)C(COP(=O)([O-])OCC[N+](C)(C)C)NC(=O)CCCCCCCCCCCCCCCCCCCCCCCCCCCCCCCCCC. The molecule has 1 amide bonds. The van der Waals surface area contributed by atoms with Gasteiger partial charge in [0.1, 0.15) is 13.2 Å². The number of rotatable bonds is 55. The fourth-order valence-electron chi connectivity index (χ4n) is 9.00. The van der Waals surface area contributed by atoms with Crippen LogP contribution in [0, 0.1) is 0 Å². The van der Waals surface area contributed by atoms with E-state index in [2.05, 4.69) is 31.3 Å². The van der Waals surface area contributed by atoms with Crippen LogP contribution in [0.3, 0.4) is 0 Å². The van der Waals surface area contributed by atoms with Gasteiger partial charge in [0.2, 0.25) is 5.91 Å². The van der Waals surface area contributed by atoms with Crippen molar-refractivity contribution < 1.29 is 32.9 Å². The van der Waals surface area contributed by atoms with Crippen LogP contribution in [0.2, 0.25) is 0 Å². The average Bonchev–Trinajstić information content (AvgIpc) is 3.30. The smallest absolute Gasteiger partial charge is 0.268 e. The van der Waals surface area contributed by atoms with Gasteiger partial charge in [-0.25, -0.2) is 0 Å². The highest BCUT2D eigenvalue weighted by Gasteiger charge is 2.23. The number of nitrogens with one attached hydrogen (secondary N) is 1. The first-order valence-corrected chi connectivity index (χ1v) is 31.2. The standard InChI is InChI=1S/C59H117N2O6P/c1-6-8-10-12-14-16-18-20-22-23-24-25-26-27-28-29-30-31-32-33-34-35-36-37-38-39-41-43-45-47-49-51-53-59(63)60-57(56-67-68(64,65)66-55-54-61(3,4)5)58(62)52-50-48-46-44-42-40-21-19-17-15-13-11-9-7-2/h42,44,50,52,57-58,62H,6-41,43,45-49,51,53-56H2,1-5H3,(H-,60,63,64,65)/b44-42+,52-50+. The number of aliphatic hydroxyl groups excluding tert-OH is 1. The van der Waals surface area contributed by atoms with E-state index in [1.54, 1.807) is 6.08 Å². The Labute approximate surface area is 424 Å². The van der Waals surface area contributed by atoms with Crippen LogP contribution >= 0.6 is 7.82 Å². The lowest BCUT2D eigenvalue weighted by molar-refractivity contribution is -0.870. The molecule has 0 heterocycles. The van der Waals surface area contributed by atoms with E-state index >= 15 is 0 Å². The van der Waals surface area contributed by atoms with Crippen molar-refractivity contribution in [1.29, 1.82) is 0 Å². The maximum absolute atomic E-state index is 12.9. The van der Waals surface area contributed by atoms with Gasteiger partial charge in [0.15, 0.2) is 0 Å². The third-order valence-corrected chi connectivity index (χ3v) is 14.6. The van der Waals surface area contributed by atoms with E-state index in [4.69, 9.17) is 9.05 Å². The average molecular weight is 982 g/mol. The molecule has 0 aliphatic rings. The minimum atomic E-state index is -4.60. The van der Waals surface area contributed by atoms with Crippen molar-refractivity contribution in [3.8, 4) is 0 Å². The zero-order valence-corrected chi connectivity index (χ0v) is 47.0. The van der Waals surface area contributed by atoms with Gasteiger partial charge in [-0.2, -0.15) is 0 Å². The molecule has 0 aromatic rings. The van der Waals surface area contributed by atoms with Crippen molar-refractivity contribution in [2.24, 2.45) is 0 Å². The molecule has 3 atom stereocenters. The Morgan fingerprint density at radius 3 is 1.19 bits per heavy atom. The summed E-state index contributed by atoms with van der Waals surface area (Å²) in [5.74, 6) is -0.202. The number of unbranched alkanes of at least 4 members (excludes halogenated alkanes) is 40. The third kappa shape index (κ3) is 52.8. The lowest BCUT2D eigenvalue weighted by atomic mass is 10.0. The number of carbonyl (C=O) groups is 1. The van der Waals surface area contributed by atoms with E-state index in [0.717, 1.165) is 38.5 Å². The van der Waals surface area contributed by atoms with E-state index in [1.807, 2.05) is 27.2 Å². The predicted octanol–water partition coefficient (Wildman–Crippen LogP) is 17.4. The van der Waals surface area contributed by atoms with Gasteiger partial charge in [0.05, 0.1) is 39.9 Å². The number of amides is 1. The molecule has 68 heavy (non-hydrogen) atoms. The number of carbonyl (C=O) groups excluding carboxylic acids is 1. The Bertz CT molecular complexity index is 1160. The van der Waals surface area contributed by atoms with Crippen molar-refractivity contribution in [2.45, 2.75) is 309 Å². The lowest BCUT2D eigenvalue weighted by Gasteiger charge is -2.29. The summed E-state index contributed by atoms with van der Waals surface area (Å²) < 4.78 is 23.3. The summed E-state index contributed by atoms with van der Waals surface area (Å²) in [4.78, 5) is 25.4. The molecule has 0 radical (unpaired) electrons. The van der Waals surface area contributed by atoms with E-state index < -0.39 is 20.0 Å². The topological polar surface area (TPSA) is 108 Å². The number of phosphoric ester groups is 1. The van der Waals surface area contributed by atoms with Gasteiger partial charge in [0, 0.05) is 6.42 Å². The van der Waals surface area contributed by atoms with Gasteiger partial charge in [-0.3, -0.25) is 9.36 Å².